The second-order valence-corrected chi connectivity index (χ2v) is 2.50. The zero-order valence-electron chi connectivity index (χ0n) is 7.13. The van der Waals surface area contributed by atoms with Crippen LogP contribution in [0.1, 0.15) is 5.56 Å². The zero-order chi connectivity index (χ0) is 8.97. The fraction of sp³-hybridized carbons (Fsp3) is 0.222. The summed E-state index contributed by atoms with van der Waals surface area (Å²) in [7, 11) is 1.67. The number of aliphatic imine (C=N–C) groups is 1. The molecule has 1 aromatic rings. The van der Waals surface area contributed by atoms with Gasteiger partial charge in [0.25, 0.3) is 0 Å². The van der Waals surface area contributed by atoms with Gasteiger partial charge in [-0.1, -0.05) is 0 Å². The van der Waals surface area contributed by atoms with Crippen molar-refractivity contribution < 1.29 is 4.39 Å². The number of halogens is 1. The highest BCUT2D eigenvalue weighted by Crippen LogP contribution is 2.12. The Morgan fingerprint density at radius 3 is 2.83 bits per heavy atom. The van der Waals surface area contributed by atoms with Crippen LogP contribution in [0, 0.1) is 12.7 Å². The van der Waals surface area contributed by atoms with Gasteiger partial charge in [0.2, 0.25) is 0 Å². The molecule has 64 valence electrons. The summed E-state index contributed by atoms with van der Waals surface area (Å²) in [6.07, 6.45) is 1.56. The van der Waals surface area contributed by atoms with E-state index in [0.717, 1.165) is 5.69 Å². The van der Waals surface area contributed by atoms with Crippen molar-refractivity contribution in [2.75, 3.05) is 12.4 Å². The lowest BCUT2D eigenvalue weighted by molar-refractivity contribution is 0.619. The lowest BCUT2D eigenvalue weighted by atomic mass is 10.2. The van der Waals surface area contributed by atoms with Gasteiger partial charge in [0.1, 0.15) is 5.82 Å². The van der Waals surface area contributed by atoms with Crippen LogP contribution >= 0.6 is 0 Å². The Bertz CT molecular complexity index is 295. The van der Waals surface area contributed by atoms with Gasteiger partial charge in [0, 0.05) is 12.7 Å². The quantitative estimate of drug-likeness (QED) is 0.528. The van der Waals surface area contributed by atoms with Crippen LogP contribution in [0.2, 0.25) is 0 Å². The zero-order valence-corrected chi connectivity index (χ0v) is 7.13. The Balaban J connectivity index is 2.82. The van der Waals surface area contributed by atoms with Gasteiger partial charge >= 0.3 is 0 Å². The fourth-order valence-electron chi connectivity index (χ4n) is 0.874. The van der Waals surface area contributed by atoms with Crippen LogP contribution in [0.4, 0.5) is 10.1 Å². The highest BCUT2D eigenvalue weighted by molar-refractivity contribution is 5.75. The van der Waals surface area contributed by atoms with Crippen molar-refractivity contribution in [1.29, 1.82) is 0 Å². The van der Waals surface area contributed by atoms with Gasteiger partial charge in [-0.05, 0) is 30.7 Å². The molecule has 1 N–H and O–H groups in total. The summed E-state index contributed by atoms with van der Waals surface area (Å²) in [6, 6.07) is 4.84. The van der Waals surface area contributed by atoms with Crippen LogP contribution < -0.4 is 5.32 Å². The molecule has 0 aromatic heterocycles. The maximum absolute atomic E-state index is 12.8. The van der Waals surface area contributed by atoms with E-state index in [1.54, 1.807) is 32.4 Å². The van der Waals surface area contributed by atoms with E-state index >= 15 is 0 Å². The van der Waals surface area contributed by atoms with E-state index < -0.39 is 0 Å². The Labute approximate surface area is 71.1 Å². The van der Waals surface area contributed by atoms with Crippen molar-refractivity contribution in [3.8, 4) is 0 Å². The maximum atomic E-state index is 12.8. The third-order valence-electron chi connectivity index (χ3n) is 1.52. The van der Waals surface area contributed by atoms with Crippen molar-refractivity contribution in [3.63, 3.8) is 0 Å². The first-order valence-corrected chi connectivity index (χ1v) is 3.67. The first kappa shape index (κ1) is 8.71. The SMILES string of the molecule is CN=CNc1ccc(F)c(C)c1. The second kappa shape index (κ2) is 3.85. The molecule has 0 saturated heterocycles. The molecular weight excluding hydrogens is 155 g/mol. The number of rotatable bonds is 2. The first-order valence-electron chi connectivity index (χ1n) is 3.67. The van der Waals surface area contributed by atoms with Crippen molar-refractivity contribution in [3.05, 3.63) is 29.6 Å². The lowest BCUT2D eigenvalue weighted by Crippen LogP contribution is -1.95. The van der Waals surface area contributed by atoms with Gasteiger partial charge in [0.05, 0.1) is 6.34 Å². The van der Waals surface area contributed by atoms with Crippen molar-refractivity contribution in [2.45, 2.75) is 6.92 Å². The minimum Gasteiger partial charge on any atom is -0.347 e. The van der Waals surface area contributed by atoms with E-state index in [-0.39, 0.29) is 5.82 Å². The number of hydrogen-bond acceptors (Lipinski definition) is 1. The summed E-state index contributed by atoms with van der Waals surface area (Å²) in [5, 5.41) is 2.90. The van der Waals surface area contributed by atoms with Crippen molar-refractivity contribution >= 4 is 12.0 Å². The van der Waals surface area contributed by atoms with Crippen LogP contribution in [0.25, 0.3) is 0 Å². The molecule has 1 aromatic carbocycles. The molecule has 0 atom stereocenters. The summed E-state index contributed by atoms with van der Waals surface area (Å²) in [6.45, 7) is 1.73. The predicted molar refractivity (Wildman–Crippen MR) is 49.2 cm³/mol. The van der Waals surface area contributed by atoms with Crippen molar-refractivity contribution in [1.82, 2.24) is 0 Å². The molecule has 0 aliphatic rings. The molecule has 0 aliphatic carbocycles. The standard InChI is InChI=1S/C9H11FN2/c1-7-5-8(12-6-11-2)3-4-9(7)10/h3-6H,1-2H3,(H,11,12). The van der Waals surface area contributed by atoms with Gasteiger partial charge in [0.15, 0.2) is 0 Å². The number of nitrogens with zero attached hydrogens (tertiary/aromatic N) is 1. The average molecular weight is 166 g/mol. The Kier molecular flexibility index (Phi) is 2.80. The number of hydrogen-bond donors (Lipinski definition) is 1. The molecule has 3 heteroatoms. The Morgan fingerprint density at radius 1 is 1.50 bits per heavy atom. The molecule has 0 heterocycles. The maximum Gasteiger partial charge on any atom is 0.126 e. The monoisotopic (exact) mass is 166 g/mol. The number of anilines is 1. The molecular formula is C9H11FN2. The Hall–Kier alpha value is -1.38. The van der Waals surface area contributed by atoms with E-state index in [1.165, 1.54) is 6.07 Å². The predicted octanol–water partition coefficient (Wildman–Crippen LogP) is 2.20. The van der Waals surface area contributed by atoms with Gasteiger partial charge < -0.3 is 5.32 Å². The lowest BCUT2D eigenvalue weighted by Gasteiger charge is -2.01. The molecule has 12 heavy (non-hydrogen) atoms. The topological polar surface area (TPSA) is 24.4 Å². The molecule has 0 aliphatic heterocycles. The van der Waals surface area contributed by atoms with Crippen LogP contribution in [0.3, 0.4) is 0 Å². The van der Waals surface area contributed by atoms with Crippen LogP contribution in [0.15, 0.2) is 23.2 Å². The van der Waals surface area contributed by atoms with E-state index in [0.29, 0.717) is 5.56 Å². The summed E-state index contributed by atoms with van der Waals surface area (Å²) in [5.74, 6) is -0.186. The minimum atomic E-state index is -0.186. The highest BCUT2D eigenvalue weighted by atomic mass is 19.1. The third-order valence-corrected chi connectivity index (χ3v) is 1.52. The van der Waals surface area contributed by atoms with Crippen molar-refractivity contribution in [2.24, 2.45) is 4.99 Å². The van der Waals surface area contributed by atoms with Gasteiger partial charge in [-0.2, -0.15) is 0 Å². The molecule has 0 bridgehead atoms. The average Bonchev–Trinajstić information content (AvgIpc) is 2.07. The molecule has 0 amide bonds. The van der Waals surface area contributed by atoms with Gasteiger partial charge in [-0.25, -0.2) is 4.39 Å². The van der Waals surface area contributed by atoms with E-state index in [4.69, 9.17) is 0 Å². The van der Waals surface area contributed by atoms with Crippen LogP contribution in [0.5, 0.6) is 0 Å². The second-order valence-electron chi connectivity index (χ2n) is 2.50. The fourth-order valence-corrected chi connectivity index (χ4v) is 0.874. The summed E-state index contributed by atoms with van der Waals surface area (Å²) < 4.78 is 12.8. The van der Waals surface area contributed by atoms with E-state index in [2.05, 4.69) is 10.3 Å². The van der Waals surface area contributed by atoms with E-state index in [1.807, 2.05) is 0 Å². The molecule has 0 radical (unpaired) electrons. The normalized spacial score (nSPS) is 10.6. The molecule has 1 rings (SSSR count). The number of benzene rings is 1. The van der Waals surface area contributed by atoms with Gasteiger partial charge in [-0.3, -0.25) is 4.99 Å². The number of nitrogens with one attached hydrogen (secondary N) is 1. The molecule has 0 saturated carbocycles. The third kappa shape index (κ3) is 2.05. The smallest absolute Gasteiger partial charge is 0.126 e. The molecule has 0 unspecified atom stereocenters. The largest absolute Gasteiger partial charge is 0.347 e. The van der Waals surface area contributed by atoms with Crippen LogP contribution in [-0.2, 0) is 0 Å². The minimum absolute atomic E-state index is 0.186. The molecule has 2 nitrogen and oxygen atoms in total. The summed E-state index contributed by atoms with van der Waals surface area (Å²) >= 11 is 0. The molecule has 0 fully saturated rings. The summed E-state index contributed by atoms with van der Waals surface area (Å²) in [5.41, 5.74) is 1.48. The first-order chi connectivity index (χ1) is 5.74. The Morgan fingerprint density at radius 2 is 2.25 bits per heavy atom. The van der Waals surface area contributed by atoms with Gasteiger partial charge in [-0.15, -0.1) is 0 Å². The molecule has 0 spiro atoms. The number of aryl methyl sites for hydroxylation is 1. The van der Waals surface area contributed by atoms with E-state index in [9.17, 15) is 4.39 Å². The highest BCUT2D eigenvalue weighted by Gasteiger charge is 1.96. The summed E-state index contributed by atoms with van der Waals surface area (Å²) in [4.78, 5) is 3.75. The van der Waals surface area contributed by atoms with Crippen LogP contribution in [-0.4, -0.2) is 13.4 Å².